The Morgan fingerprint density at radius 1 is 1.30 bits per heavy atom. The van der Waals surface area contributed by atoms with Gasteiger partial charge in [0.25, 0.3) is 5.56 Å². The van der Waals surface area contributed by atoms with Crippen LogP contribution in [0.25, 0.3) is 16.6 Å². The first kappa shape index (κ1) is 15.0. The zero-order chi connectivity index (χ0) is 16.9. The summed E-state index contributed by atoms with van der Waals surface area (Å²) in [6.45, 7) is 3.28. The molecule has 0 spiro atoms. The van der Waals surface area contributed by atoms with Gasteiger partial charge in [-0.25, -0.2) is 9.18 Å². The van der Waals surface area contributed by atoms with Gasteiger partial charge in [-0.3, -0.25) is 14.0 Å². The Bertz CT molecular complexity index is 1020. The summed E-state index contributed by atoms with van der Waals surface area (Å²) in [5, 5.41) is 13.5. The first-order chi connectivity index (χ1) is 10.8. The third-order valence-electron chi connectivity index (χ3n) is 3.82. The fraction of sp³-hybridized carbons (Fsp3) is 0.188. The molecule has 7 heteroatoms. The van der Waals surface area contributed by atoms with Gasteiger partial charge in [0.2, 0.25) is 0 Å². The van der Waals surface area contributed by atoms with E-state index in [1.54, 1.807) is 20.0 Å². The van der Waals surface area contributed by atoms with E-state index in [4.69, 9.17) is 0 Å². The monoisotopic (exact) mass is 315 g/mol. The minimum atomic E-state index is -1.22. The SMILES string of the molecule is Cc1cc(-n2c(C)c(C(=O)O)c3cccc(F)c3c2=O)n(C)n1. The Morgan fingerprint density at radius 2 is 2.00 bits per heavy atom. The molecule has 0 unspecified atom stereocenters. The molecule has 2 aromatic heterocycles. The van der Waals surface area contributed by atoms with E-state index < -0.39 is 17.3 Å². The maximum absolute atomic E-state index is 14.2. The van der Waals surface area contributed by atoms with Gasteiger partial charge >= 0.3 is 5.97 Å². The van der Waals surface area contributed by atoms with Gasteiger partial charge in [0.05, 0.1) is 16.6 Å². The zero-order valence-electron chi connectivity index (χ0n) is 12.8. The van der Waals surface area contributed by atoms with Crippen molar-refractivity contribution < 1.29 is 14.3 Å². The van der Waals surface area contributed by atoms with E-state index in [-0.39, 0.29) is 22.0 Å². The molecular weight excluding hydrogens is 301 g/mol. The molecule has 2 heterocycles. The Morgan fingerprint density at radius 3 is 2.57 bits per heavy atom. The highest BCUT2D eigenvalue weighted by molar-refractivity contribution is 6.04. The molecule has 1 aromatic carbocycles. The lowest BCUT2D eigenvalue weighted by Crippen LogP contribution is -2.26. The molecule has 3 rings (SSSR count). The molecule has 0 aliphatic rings. The number of hydrogen-bond donors (Lipinski definition) is 1. The fourth-order valence-corrected chi connectivity index (χ4v) is 2.87. The fourth-order valence-electron chi connectivity index (χ4n) is 2.87. The number of carbonyl (C=O) groups is 1. The van der Waals surface area contributed by atoms with Crippen molar-refractivity contribution in [3.05, 3.63) is 57.4 Å². The summed E-state index contributed by atoms with van der Waals surface area (Å²) in [5.41, 5.74) is 0.185. The lowest BCUT2D eigenvalue weighted by atomic mass is 10.0. The summed E-state index contributed by atoms with van der Waals surface area (Å²) in [4.78, 5) is 24.5. The van der Waals surface area contributed by atoms with E-state index >= 15 is 0 Å². The third-order valence-corrected chi connectivity index (χ3v) is 3.82. The number of aromatic nitrogens is 3. The predicted molar refractivity (Wildman–Crippen MR) is 82.7 cm³/mol. The molecule has 1 N–H and O–H groups in total. The number of aromatic carboxylic acids is 1. The van der Waals surface area contributed by atoms with Crippen LogP contribution >= 0.6 is 0 Å². The van der Waals surface area contributed by atoms with Gasteiger partial charge in [-0.15, -0.1) is 0 Å². The Balaban J connectivity index is 2.58. The number of carboxylic acid groups (broad SMARTS) is 1. The maximum atomic E-state index is 14.2. The molecule has 3 aromatic rings. The van der Waals surface area contributed by atoms with Gasteiger partial charge in [-0.1, -0.05) is 12.1 Å². The zero-order valence-corrected chi connectivity index (χ0v) is 12.8. The largest absolute Gasteiger partial charge is 0.478 e. The summed E-state index contributed by atoms with van der Waals surface area (Å²) in [5.74, 6) is -1.58. The lowest BCUT2D eigenvalue weighted by Gasteiger charge is -2.15. The van der Waals surface area contributed by atoms with Gasteiger partial charge in [-0.05, 0) is 19.9 Å². The van der Waals surface area contributed by atoms with Crippen LogP contribution in [0, 0.1) is 19.7 Å². The Hall–Kier alpha value is -2.96. The van der Waals surface area contributed by atoms with E-state index in [1.165, 1.54) is 28.3 Å². The highest BCUT2D eigenvalue weighted by atomic mass is 19.1. The van der Waals surface area contributed by atoms with Crippen LogP contribution in [0.2, 0.25) is 0 Å². The van der Waals surface area contributed by atoms with Crippen molar-refractivity contribution in [1.82, 2.24) is 14.3 Å². The average molecular weight is 315 g/mol. The maximum Gasteiger partial charge on any atom is 0.338 e. The van der Waals surface area contributed by atoms with Gasteiger partial charge in [-0.2, -0.15) is 5.10 Å². The van der Waals surface area contributed by atoms with Crippen molar-refractivity contribution >= 4 is 16.7 Å². The molecule has 0 saturated heterocycles. The second kappa shape index (κ2) is 5.05. The standard InChI is InChI=1S/C16H14FN3O3/c1-8-7-12(19(3)18-8)20-9(2)13(16(22)23)10-5-4-6-11(17)14(10)15(20)21/h4-7H,1-3H3,(H,22,23). The van der Waals surface area contributed by atoms with Crippen molar-refractivity contribution in [2.24, 2.45) is 7.05 Å². The van der Waals surface area contributed by atoms with Crippen LogP contribution in [0.5, 0.6) is 0 Å². The number of halogens is 1. The molecule has 0 radical (unpaired) electrons. The average Bonchev–Trinajstić information content (AvgIpc) is 2.77. The molecular formula is C16H14FN3O3. The van der Waals surface area contributed by atoms with E-state index in [2.05, 4.69) is 5.10 Å². The molecule has 0 aliphatic heterocycles. The van der Waals surface area contributed by atoms with Crippen LogP contribution < -0.4 is 5.56 Å². The lowest BCUT2D eigenvalue weighted by molar-refractivity contribution is 0.0697. The summed E-state index contributed by atoms with van der Waals surface area (Å²) < 4.78 is 16.8. The Labute approximate surface area is 130 Å². The van der Waals surface area contributed by atoms with Gasteiger partial charge in [0.15, 0.2) is 0 Å². The van der Waals surface area contributed by atoms with Gasteiger partial charge in [0.1, 0.15) is 11.6 Å². The van der Waals surface area contributed by atoms with Crippen molar-refractivity contribution in [1.29, 1.82) is 0 Å². The highest BCUT2D eigenvalue weighted by Crippen LogP contribution is 2.23. The first-order valence-electron chi connectivity index (χ1n) is 6.91. The summed E-state index contributed by atoms with van der Waals surface area (Å²) in [6.07, 6.45) is 0. The molecule has 0 saturated carbocycles. The minimum Gasteiger partial charge on any atom is -0.478 e. The molecule has 0 atom stereocenters. The number of nitrogens with zero attached hydrogens (tertiary/aromatic N) is 3. The Kier molecular flexibility index (Phi) is 3.28. The summed E-state index contributed by atoms with van der Waals surface area (Å²) in [7, 11) is 1.64. The highest BCUT2D eigenvalue weighted by Gasteiger charge is 2.22. The predicted octanol–water partition coefficient (Wildman–Crippen LogP) is 2.18. The second-order valence-electron chi connectivity index (χ2n) is 5.34. The number of hydrogen-bond acceptors (Lipinski definition) is 3. The van der Waals surface area contributed by atoms with Crippen LogP contribution in [0.1, 0.15) is 21.7 Å². The van der Waals surface area contributed by atoms with E-state index in [9.17, 15) is 19.1 Å². The van der Waals surface area contributed by atoms with Gasteiger partial charge in [0, 0.05) is 24.2 Å². The number of aryl methyl sites for hydroxylation is 2. The van der Waals surface area contributed by atoms with Crippen molar-refractivity contribution in [3.63, 3.8) is 0 Å². The third kappa shape index (κ3) is 2.12. The van der Waals surface area contributed by atoms with Crippen LogP contribution in [-0.2, 0) is 7.05 Å². The minimum absolute atomic E-state index is 0.0927. The van der Waals surface area contributed by atoms with Crippen LogP contribution in [0.3, 0.4) is 0 Å². The van der Waals surface area contributed by atoms with Crippen molar-refractivity contribution in [2.45, 2.75) is 13.8 Å². The van der Waals surface area contributed by atoms with Gasteiger partial charge < -0.3 is 5.11 Å². The normalized spacial score (nSPS) is 11.1. The number of rotatable bonds is 2. The number of pyridine rings is 1. The molecule has 118 valence electrons. The second-order valence-corrected chi connectivity index (χ2v) is 5.34. The van der Waals surface area contributed by atoms with Crippen molar-refractivity contribution in [2.75, 3.05) is 0 Å². The quantitative estimate of drug-likeness (QED) is 0.786. The molecule has 0 aliphatic carbocycles. The summed E-state index contributed by atoms with van der Waals surface area (Å²) in [6, 6.07) is 5.62. The molecule has 0 fully saturated rings. The number of fused-ring (bicyclic) bond motifs is 1. The number of carboxylic acids is 1. The van der Waals surface area contributed by atoms with Crippen molar-refractivity contribution in [3.8, 4) is 5.82 Å². The topological polar surface area (TPSA) is 77.1 Å². The molecule has 0 amide bonds. The van der Waals surface area contributed by atoms with E-state index in [0.717, 1.165) is 6.07 Å². The number of benzene rings is 1. The smallest absolute Gasteiger partial charge is 0.338 e. The molecule has 23 heavy (non-hydrogen) atoms. The van der Waals surface area contributed by atoms with E-state index in [1.807, 2.05) is 0 Å². The van der Waals surface area contributed by atoms with E-state index in [0.29, 0.717) is 11.5 Å². The van der Waals surface area contributed by atoms with Crippen LogP contribution in [0.4, 0.5) is 4.39 Å². The van der Waals surface area contributed by atoms with Crippen LogP contribution in [-0.4, -0.2) is 25.4 Å². The first-order valence-corrected chi connectivity index (χ1v) is 6.91. The molecule has 0 bridgehead atoms. The molecule has 6 nitrogen and oxygen atoms in total. The van der Waals surface area contributed by atoms with Crippen LogP contribution in [0.15, 0.2) is 29.1 Å². The summed E-state index contributed by atoms with van der Waals surface area (Å²) >= 11 is 0.